The number of hydrogen-bond acceptors (Lipinski definition) is 5. The van der Waals surface area contributed by atoms with Gasteiger partial charge in [-0.1, -0.05) is 67.6 Å². The van der Waals surface area contributed by atoms with E-state index < -0.39 is 28.5 Å². The van der Waals surface area contributed by atoms with Crippen molar-refractivity contribution in [1.82, 2.24) is 10.2 Å². The van der Waals surface area contributed by atoms with Crippen molar-refractivity contribution in [3.05, 3.63) is 88.9 Å². The van der Waals surface area contributed by atoms with Gasteiger partial charge in [-0.2, -0.15) is 0 Å². The Labute approximate surface area is 260 Å². The maximum absolute atomic E-state index is 14.3. The molecule has 4 rings (SSSR count). The molecule has 0 heterocycles. The fourth-order valence-electron chi connectivity index (χ4n) is 5.40. The first kappa shape index (κ1) is 32.4. The molecule has 43 heavy (non-hydrogen) atoms. The summed E-state index contributed by atoms with van der Waals surface area (Å²) in [5.41, 5.74) is 2.05. The fraction of sp³-hybridized carbons (Fsp3) is 0.394. The van der Waals surface area contributed by atoms with Crippen molar-refractivity contribution in [3.63, 3.8) is 0 Å². The molecule has 1 atom stereocenters. The molecule has 0 aromatic heterocycles. The molecule has 0 bridgehead atoms. The van der Waals surface area contributed by atoms with E-state index in [1.54, 1.807) is 37.4 Å². The summed E-state index contributed by atoms with van der Waals surface area (Å²) in [6.45, 7) is 3.37. The van der Waals surface area contributed by atoms with E-state index in [1.165, 1.54) is 29.2 Å². The number of anilines is 1. The summed E-state index contributed by atoms with van der Waals surface area (Å²) < 4.78 is 34.4. The monoisotopic (exact) mass is 625 g/mol. The zero-order valence-electron chi connectivity index (χ0n) is 25.0. The Hall–Kier alpha value is -3.56. The standard InChI is InChI=1S/C33H40ClN3O5S/c1-4-31(33(39)35-27-10-6-5-7-11-27)36(22-25-9-8-12-29(21-25)42-3)32(38)23-37(28-17-13-24(2)14-18-28)43(40,41)30-19-15-26(34)16-20-30/h8-9,12-21,27,31H,4-7,10-11,22-23H2,1-3H3,(H,35,39). The lowest BCUT2D eigenvalue weighted by Gasteiger charge is -2.34. The molecule has 3 aromatic rings. The Kier molecular flexibility index (Phi) is 11.1. The molecule has 0 radical (unpaired) electrons. The third-order valence-electron chi connectivity index (χ3n) is 7.83. The Morgan fingerprint density at radius 1 is 1.00 bits per heavy atom. The molecule has 10 heteroatoms. The van der Waals surface area contributed by atoms with Crippen molar-refractivity contribution in [1.29, 1.82) is 0 Å². The highest BCUT2D eigenvalue weighted by molar-refractivity contribution is 7.92. The predicted molar refractivity (Wildman–Crippen MR) is 170 cm³/mol. The van der Waals surface area contributed by atoms with Gasteiger partial charge in [0, 0.05) is 17.6 Å². The molecule has 2 amide bonds. The fourth-order valence-corrected chi connectivity index (χ4v) is 6.95. The van der Waals surface area contributed by atoms with Gasteiger partial charge >= 0.3 is 0 Å². The van der Waals surface area contributed by atoms with Gasteiger partial charge in [-0.3, -0.25) is 13.9 Å². The number of benzene rings is 3. The van der Waals surface area contributed by atoms with Gasteiger partial charge in [-0.15, -0.1) is 0 Å². The molecule has 1 unspecified atom stereocenters. The molecular formula is C33H40ClN3O5S. The van der Waals surface area contributed by atoms with Crippen LogP contribution in [0.5, 0.6) is 5.75 Å². The third kappa shape index (κ3) is 8.30. The normalized spacial score (nSPS) is 14.5. The molecule has 3 aromatic carbocycles. The first-order chi connectivity index (χ1) is 20.6. The van der Waals surface area contributed by atoms with Crippen molar-refractivity contribution in [3.8, 4) is 5.75 Å². The molecule has 8 nitrogen and oxygen atoms in total. The number of sulfonamides is 1. The van der Waals surface area contributed by atoms with Crippen LogP contribution in [0.2, 0.25) is 5.02 Å². The van der Waals surface area contributed by atoms with Gasteiger partial charge in [0.25, 0.3) is 10.0 Å². The maximum Gasteiger partial charge on any atom is 0.264 e. The molecule has 1 N–H and O–H groups in total. The van der Waals surface area contributed by atoms with Gasteiger partial charge in [0.1, 0.15) is 18.3 Å². The van der Waals surface area contributed by atoms with Gasteiger partial charge in [-0.25, -0.2) is 8.42 Å². The van der Waals surface area contributed by atoms with Crippen molar-refractivity contribution in [2.45, 2.75) is 75.9 Å². The second kappa shape index (κ2) is 14.8. The Morgan fingerprint density at radius 2 is 1.67 bits per heavy atom. The summed E-state index contributed by atoms with van der Waals surface area (Å²) in [4.78, 5) is 29.4. The van der Waals surface area contributed by atoms with Crippen molar-refractivity contribution in [2.75, 3.05) is 18.0 Å². The van der Waals surface area contributed by atoms with Crippen LogP contribution in [0, 0.1) is 6.92 Å². The quantitative estimate of drug-likeness (QED) is 0.262. The van der Waals surface area contributed by atoms with Crippen molar-refractivity contribution < 1.29 is 22.7 Å². The average molecular weight is 626 g/mol. The number of rotatable bonds is 12. The number of nitrogens with zero attached hydrogens (tertiary/aromatic N) is 2. The van der Waals surface area contributed by atoms with Crippen molar-refractivity contribution in [2.24, 2.45) is 0 Å². The van der Waals surface area contributed by atoms with Crippen LogP contribution in [0.4, 0.5) is 5.69 Å². The van der Waals surface area contributed by atoms with Gasteiger partial charge in [0.15, 0.2) is 0 Å². The Morgan fingerprint density at radius 3 is 2.30 bits per heavy atom. The molecule has 230 valence electrons. The Bertz CT molecular complexity index is 1490. The maximum atomic E-state index is 14.3. The molecule has 1 saturated carbocycles. The predicted octanol–water partition coefficient (Wildman–Crippen LogP) is 6.11. The van der Waals surface area contributed by atoms with E-state index in [-0.39, 0.29) is 23.4 Å². The lowest BCUT2D eigenvalue weighted by molar-refractivity contribution is -0.140. The number of halogens is 1. The number of nitrogens with one attached hydrogen (secondary N) is 1. The molecule has 1 aliphatic carbocycles. The number of hydrogen-bond donors (Lipinski definition) is 1. The summed E-state index contributed by atoms with van der Waals surface area (Å²) in [7, 11) is -2.60. The highest BCUT2D eigenvalue weighted by Gasteiger charge is 2.34. The van der Waals surface area contributed by atoms with Crippen LogP contribution in [0.1, 0.15) is 56.6 Å². The van der Waals surface area contributed by atoms with Crippen LogP contribution in [0.25, 0.3) is 0 Å². The number of amides is 2. The summed E-state index contributed by atoms with van der Waals surface area (Å²) >= 11 is 6.03. The van der Waals surface area contributed by atoms with Gasteiger partial charge in [0.2, 0.25) is 11.8 Å². The van der Waals surface area contributed by atoms with E-state index >= 15 is 0 Å². The van der Waals surface area contributed by atoms with Crippen LogP contribution in [-0.4, -0.2) is 50.9 Å². The minimum Gasteiger partial charge on any atom is -0.497 e. The van der Waals surface area contributed by atoms with E-state index in [1.807, 2.05) is 32.0 Å². The zero-order chi connectivity index (χ0) is 31.0. The van der Waals surface area contributed by atoms with Crippen LogP contribution < -0.4 is 14.4 Å². The second-order valence-electron chi connectivity index (χ2n) is 10.9. The van der Waals surface area contributed by atoms with E-state index in [0.717, 1.165) is 47.5 Å². The first-order valence-corrected chi connectivity index (χ1v) is 16.5. The smallest absolute Gasteiger partial charge is 0.264 e. The zero-order valence-corrected chi connectivity index (χ0v) is 26.5. The molecular weight excluding hydrogens is 586 g/mol. The topological polar surface area (TPSA) is 96.0 Å². The average Bonchev–Trinajstić information content (AvgIpc) is 3.01. The number of carbonyl (C=O) groups is 2. The lowest BCUT2D eigenvalue weighted by Crippen LogP contribution is -2.54. The molecule has 0 saturated heterocycles. The second-order valence-corrected chi connectivity index (χ2v) is 13.2. The minimum atomic E-state index is -4.16. The highest BCUT2D eigenvalue weighted by atomic mass is 35.5. The van der Waals surface area contributed by atoms with Crippen LogP contribution in [0.3, 0.4) is 0 Å². The number of methoxy groups -OCH3 is 1. The minimum absolute atomic E-state index is 0.00621. The van der Waals surface area contributed by atoms with E-state index in [0.29, 0.717) is 22.9 Å². The van der Waals surface area contributed by atoms with Crippen LogP contribution >= 0.6 is 11.6 Å². The molecule has 1 fully saturated rings. The van der Waals surface area contributed by atoms with E-state index in [4.69, 9.17) is 16.3 Å². The van der Waals surface area contributed by atoms with Gasteiger partial charge < -0.3 is 15.0 Å². The lowest BCUT2D eigenvalue weighted by atomic mass is 9.95. The number of aryl methyl sites for hydroxylation is 1. The van der Waals surface area contributed by atoms with Gasteiger partial charge in [0.05, 0.1) is 17.7 Å². The first-order valence-electron chi connectivity index (χ1n) is 14.7. The molecule has 0 aliphatic heterocycles. The molecule has 1 aliphatic rings. The summed E-state index contributed by atoms with van der Waals surface area (Å²) in [6.07, 6.45) is 5.45. The summed E-state index contributed by atoms with van der Waals surface area (Å²) in [5, 5.41) is 3.56. The summed E-state index contributed by atoms with van der Waals surface area (Å²) in [5.74, 6) is -0.101. The largest absolute Gasteiger partial charge is 0.497 e. The highest BCUT2D eigenvalue weighted by Crippen LogP contribution is 2.27. The Balaban J connectivity index is 1.71. The number of carbonyl (C=O) groups excluding carboxylic acids is 2. The van der Waals surface area contributed by atoms with Crippen LogP contribution in [-0.2, 0) is 26.2 Å². The van der Waals surface area contributed by atoms with Crippen LogP contribution in [0.15, 0.2) is 77.7 Å². The summed E-state index contributed by atoms with van der Waals surface area (Å²) in [6, 6.07) is 19.4. The third-order valence-corrected chi connectivity index (χ3v) is 9.87. The van der Waals surface area contributed by atoms with E-state index in [2.05, 4.69) is 5.32 Å². The van der Waals surface area contributed by atoms with Gasteiger partial charge in [-0.05, 0) is 80.3 Å². The van der Waals surface area contributed by atoms with E-state index in [9.17, 15) is 18.0 Å². The SMILES string of the molecule is CCC(C(=O)NC1CCCCC1)N(Cc1cccc(OC)c1)C(=O)CN(c1ccc(C)cc1)S(=O)(=O)c1ccc(Cl)cc1. The number of ether oxygens (including phenoxy) is 1. The molecule has 0 spiro atoms. The van der Waals surface area contributed by atoms with Crippen molar-refractivity contribution >= 4 is 39.1 Å².